The smallest absolute Gasteiger partial charge is 0.328 e. The summed E-state index contributed by atoms with van der Waals surface area (Å²) in [4.78, 5) is 51.0. The Balaban J connectivity index is 1.75. The normalized spacial score (nSPS) is 15.7. The summed E-state index contributed by atoms with van der Waals surface area (Å²) in [5, 5.41) is 26.6. The van der Waals surface area contributed by atoms with Crippen LogP contribution in [-0.4, -0.2) is 38.9 Å². The number of ketones is 1. The Morgan fingerprint density at radius 3 is 2.38 bits per heavy atom. The van der Waals surface area contributed by atoms with E-state index >= 15 is 0 Å². The van der Waals surface area contributed by atoms with Gasteiger partial charge in [-0.3, -0.25) is 19.3 Å². The van der Waals surface area contributed by atoms with Gasteiger partial charge in [0.15, 0.2) is 17.4 Å². The molecule has 0 radical (unpaired) electrons. The molecule has 3 N–H and O–H groups in total. The monoisotopic (exact) mass is 549 g/mol. The van der Waals surface area contributed by atoms with Crippen molar-refractivity contribution in [2.45, 2.75) is 32.2 Å². The van der Waals surface area contributed by atoms with E-state index in [1.807, 2.05) is 20.8 Å². The molecule has 4 rings (SSSR count). The number of nitrogens with one attached hydrogen (secondary N) is 1. The van der Waals surface area contributed by atoms with Gasteiger partial charge in [0.05, 0.1) is 11.6 Å². The Hall–Kier alpha value is -4.70. The average molecular weight is 550 g/mol. The molecule has 2 amide bonds. The Bertz CT molecular complexity index is 1530. The highest BCUT2D eigenvalue weighted by atomic mass is 35.5. The average Bonchev–Trinajstić information content (AvgIpc) is 3.46. The quantitative estimate of drug-likeness (QED) is 0.275. The summed E-state index contributed by atoms with van der Waals surface area (Å²) >= 11 is 6.07. The van der Waals surface area contributed by atoms with E-state index in [9.17, 15) is 24.3 Å². The van der Waals surface area contributed by atoms with E-state index in [2.05, 4.69) is 10.5 Å². The number of aliphatic hydroxyl groups is 1. The molecular formula is C28H24ClN3O7. The fourth-order valence-corrected chi connectivity index (χ4v) is 4.12. The maximum atomic E-state index is 13.8. The molecule has 1 aromatic heterocycles. The molecule has 2 aromatic carbocycles. The lowest BCUT2D eigenvalue weighted by Crippen LogP contribution is -2.31. The summed E-state index contributed by atoms with van der Waals surface area (Å²) in [7, 11) is 0. The van der Waals surface area contributed by atoms with Crippen molar-refractivity contribution >= 4 is 46.7 Å². The number of aliphatic carboxylic acids is 1. The summed E-state index contributed by atoms with van der Waals surface area (Å²) in [5.41, 5.74) is 0.153. The number of nitrogens with zero attached hydrogens (tertiary/aromatic N) is 2. The van der Waals surface area contributed by atoms with Crippen LogP contribution in [0.5, 0.6) is 0 Å². The van der Waals surface area contributed by atoms with Crippen molar-refractivity contribution in [2.24, 2.45) is 0 Å². The first kappa shape index (κ1) is 27.3. The molecule has 0 bridgehead atoms. The summed E-state index contributed by atoms with van der Waals surface area (Å²) in [5.74, 6) is -3.65. The number of halogens is 1. The van der Waals surface area contributed by atoms with Crippen LogP contribution in [0.15, 0.2) is 82.6 Å². The zero-order valence-electron chi connectivity index (χ0n) is 21.1. The number of anilines is 2. The van der Waals surface area contributed by atoms with Crippen LogP contribution in [-0.2, 0) is 19.8 Å². The molecule has 10 nitrogen and oxygen atoms in total. The van der Waals surface area contributed by atoms with Gasteiger partial charge in [-0.2, -0.15) is 0 Å². The second-order valence-electron chi connectivity index (χ2n) is 9.76. The van der Waals surface area contributed by atoms with Crippen LogP contribution in [0.2, 0.25) is 5.02 Å². The van der Waals surface area contributed by atoms with Crippen molar-refractivity contribution in [1.29, 1.82) is 0 Å². The molecule has 1 atom stereocenters. The lowest BCUT2D eigenvalue weighted by Gasteiger charge is -2.24. The lowest BCUT2D eigenvalue weighted by atomic mass is 9.92. The number of aromatic nitrogens is 1. The summed E-state index contributed by atoms with van der Waals surface area (Å²) in [6, 6.07) is 12.8. The molecule has 39 heavy (non-hydrogen) atoms. The largest absolute Gasteiger partial charge is 0.503 e. The topological polar surface area (TPSA) is 150 Å². The number of amides is 2. The predicted octanol–water partition coefficient (Wildman–Crippen LogP) is 4.99. The third kappa shape index (κ3) is 5.75. The minimum atomic E-state index is -1.29. The zero-order valence-corrected chi connectivity index (χ0v) is 21.9. The van der Waals surface area contributed by atoms with Gasteiger partial charge in [-0.15, -0.1) is 0 Å². The van der Waals surface area contributed by atoms with Crippen LogP contribution < -0.4 is 10.2 Å². The third-order valence-electron chi connectivity index (χ3n) is 5.89. The van der Waals surface area contributed by atoms with Gasteiger partial charge in [0.1, 0.15) is 5.76 Å². The van der Waals surface area contributed by atoms with Crippen molar-refractivity contribution in [2.75, 3.05) is 10.2 Å². The summed E-state index contributed by atoms with van der Waals surface area (Å²) in [6.07, 6.45) is 1.51. The van der Waals surface area contributed by atoms with Gasteiger partial charge in [-0.25, -0.2) is 4.79 Å². The van der Waals surface area contributed by atoms with Gasteiger partial charge in [0.2, 0.25) is 5.91 Å². The molecule has 11 heteroatoms. The van der Waals surface area contributed by atoms with E-state index in [4.69, 9.17) is 21.2 Å². The molecule has 0 spiro atoms. The van der Waals surface area contributed by atoms with Gasteiger partial charge >= 0.3 is 5.97 Å². The van der Waals surface area contributed by atoms with E-state index in [-0.39, 0.29) is 22.6 Å². The molecule has 1 unspecified atom stereocenters. The minimum absolute atomic E-state index is 0.0701. The van der Waals surface area contributed by atoms with Crippen molar-refractivity contribution in [3.05, 3.63) is 100.0 Å². The van der Waals surface area contributed by atoms with Crippen LogP contribution in [0.1, 0.15) is 48.5 Å². The number of carboxylic acids is 1. The third-order valence-corrected chi connectivity index (χ3v) is 6.14. The SMILES string of the molecule is CC(C)(C)c1cc(N2C(=O)C(O)=C(C(=O)c3cccc(NC(=O)C=CC(=O)O)c3)C2c2ccc(Cl)cc2)no1. The first-order chi connectivity index (χ1) is 18.4. The molecule has 0 aliphatic carbocycles. The number of carboxylic acid groups (broad SMARTS) is 1. The Morgan fingerprint density at radius 1 is 1.08 bits per heavy atom. The highest BCUT2D eigenvalue weighted by Crippen LogP contribution is 2.42. The molecule has 200 valence electrons. The van der Waals surface area contributed by atoms with E-state index in [0.29, 0.717) is 22.4 Å². The van der Waals surface area contributed by atoms with Crippen LogP contribution in [0.25, 0.3) is 0 Å². The molecule has 3 aromatic rings. The molecule has 0 saturated heterocycles. The Labute approximate surface area is 228 Å². The highest BCUT2D eigenvalue weighted by Gasteiger charge is 2.46. The first-order valence-corrected chi connectivity index (χ1v) is 12.1. The zero-order chi connectivity index (χ0) is 28.5. The number of rotatable bonds is 7. The molecule has 0 saturated carbocycles. The van der Waals surface area contributed by atoms with E-state index < -0.39 is 40.8 Å². The van der Waals surface area contributed by atoms with Crippen molar-refractivity contribution in [1.82, 2.24) is 5.16 Å². The van der Waals surface area contributed by atoms with Gasteiger partial charge in [-0.05, 0) is 29.8 Å². The second-order valence-corrected chi connectivity index (χ2v) is 10.2. The number of hydrogen-bond donors (Lipinski definition) is 3. The number of aliphatic hydroxyl groups excluding tert-OH is 1. The number of carbonyl (C=O) groups is 4. The lowest BCUT2D eigenvalue weighted by molar-refractivity contribution is -0.131. The highest BCUT2D eigenvalue weighted by molar-refractivity contribution is 6.30. The number of Topliss-reactive ketones (excluding diaryl/α,β-unsaturated/α-hetero) is 1. The maximum Gasteiger partial charge on any atom is 0.328 e. The summed E-state index contributed by atoms with van der Waals surface area (Å²) < 4.78 is 5.46. The van der Waals surface area contributed by atoms with Crippen molar-refractivity contribution in [3.63, 3.8) is 0 Å². The molecule has 1 aliphatic heterocycles. The molecular weight excluding hydrogens is 526 g/mol. The van der Waals surface area contributed by atoms with Crippen LogP contribution in [0.3, 0.4) is 0 Å². The number of hydrogen-bond acceptors (Lipinski definition) is 7. The van der Waals surface area contributed by atoms with Gasteiger partial charge in [0.25, 0.3) is 5.91 Å². The van der Waals surface area contributed by atoms with Crippen LogP contribution in [0.4, 0.5) is 11.5 Å². The number of benzene rings is 2. The molecule has 2 heterocycles. The van der Waals surface area contributed by atoms with Gasteiger partial charge in [-0.1, -0.05) is 61.8 Å². The first-order valence-electron chi connectivity index (χ1n) is 11.7. The number of carbonyl (C=O) groups excluding carboxylic acids is 3. The van der Waals surface area contributed by atoms with E-state index in [1.54, 1.807) is 30.3 Å². The van der Waals surface area contributed by atoms with Crippen molar-refractivity contribution < 1.29 is 33.9 Å². The molecule has 0 fully saturated rings. The van der Waals surface area contributed by atoms with E-state index in [0.717, 1.165) is 6.08 Å². The van der Waals surface area contributed by atoms with E-state index in [1.165, 1.54) is 29.2 Å². The minimum Gasteiger partial charge on any atom is -0.503 e. The van der Waals surface area contributed by atoms with Gasteiger partial charge in [0, 0.05) is 39.9 Å². The summed E-state index contributed by atoms with van der Waals surface area (Å²) in [6.45, 7) is 5.73. The van der Waals surface area contributed by atoms with Crippen LogP contribution >= 0.6 is 11.6 Å². The predicted molar refractivity (Wildman–Crippen MR) is 143 cm³/mol. The van der Waals surface area contributed by atoms with Crippen LogP contribution in [0, 0.1) is 0 Å². The second kappa shape index (κ2) is 10.6. The maximum absolute atomic E-state index is 13.8. The Morgan fingerprint density at radius 2 is 1.77 bits per heavy atom. The van der Waals surface area contributed by atoms with Gasteiger partial charge < -0.3 is 20.1 Å². The molecule has 1 aliphatic rings. The standard InChI is InChI=1S/C28H24ClN3O7/c1-28(2,3)19-14-20(31-39-19)32-24(15-7-9-17(29)10-8-15)23(26(37)27(32)38)25(36)16-5-4-6-18(13-16)30-21(33)11-12-22(34)35/h4-14,24,37H,1-3H3,(H,30,33)(H,34,35). The van der Waals surface area contributed by atoms with Crippen molar-refractivity contribution in [3.8, 4) is 0 Å². The fourth-order valence-electron chi connectivity index (χ4n) is 3.99. The fraction of sp³-hybridized carbons (Fsp3) is 0.179. The Kier molecular flexibility index (Phi) is 7.42.